The molecular formula is C41H63NO5. The van der Waals surface area contributed by atoms with Crippen molar-refractivity contribution in [1.29, 1.82) is 0 Å². The lowest BCUT2D eigenvalue weighted by atomic mass is 10.1. The molecular weight excluding hydrogens is 586 g/mol. The Hall–Kier alpha value is -3.28. The number of carbonyl (C=O) groups is 2. The van der Waals surface area contributed by atoms with E-state index in [9.17, 15) is 9.59 Å². The topological polar surface area (TPSA) is 73.9 Å². The molecule has 0 heterocycles. The molecule has 0 spiro atoms. The van der Waals surface area contributed by atoms with Crippen molar-refractivity contribution >= 4 is 17.4 Å². The van der Waals surface area contributed by atoms with Crippen LogP contribution in [-0.2, 0) is 4.79 Å². The second-order valence-electron chi connectivity index (χ2n) is 12.7. The summed E-state index contributed by atoms with van der Waals surface area (Å²) < 4.78 is 18.0. The van der Waals surface area contributed by atoms with Crippen molar-refractivity contribution in [3.63, 3.8) is 0 Å². The Labute approximate surface area is 286 Å². The highest BCUT2D eigenvalue weighted by Crippen LogP contribution is 2.30. The molecule has 0 fully saturated rings. The highest BCUT2D eigenvalue weighted by atomic mass is 16.5. The summed E-state index contributed by atoms with van der Waals surface area (Å²) in [5, 5.41) is 3.02. The van der Waals surface area contributed by atoms with Gasteiger partial charge < -0.3 is 19.5 Å². The number of hydrogen-bond donors (Lipinski definition) is 1. The molecule has 2 aromatic carbocycles. The Balaban J connectivity index is 1.85. The van der Waals surface area contributed by atoms with Crippen molar-refractivity contribution in [2.75, 3.05) is 18.5 Å². The van der Waals surface area contributed by atoms with Crippen LogP contribution in [0.5, 0.6) is 17.2 Å². The molecule has 0 aromatic heterocycles. The Morgan fingerprint density at radius 2 is 1.06 bits per heavy atom. The van der Waals surface area contributed by atoms with Crippen LogP contribution in [0.2, 0.25) is 0 Å². The number of unbranched alkanes of at least 4 members (excludes halogenated alkanes) is 18. The highest BCUT2D eigenvalue weighted by Gasteiger charge is 2.14. The van der Waals surface area contributed by atoms with Gasteiger partial charge in [0.05, 0.1) is 18.8 Å². The van der Waals surface area contributed by atoms with Gasteiger partial charge in [-0.05, 0) is 68.3 Å². The van der Waals surface area contributed by atoms with Gasteiger partial charge in [0.15, 0.2) is 17.3 Å². The van der Waals surface area contributed by atoms with E-state index in [4.69, 9.17) is 14.2 Å². The average molecular weight is 650 g/mol. The average Bonchev–Trinajstić information content (AvgIpc) is 3.07. The molecule has 2 aromatic rings. The number of benzene rings is 2. The summed E-state index contributed by atoms with van der Waals surface area (Å²) in [5.74, 6) is 1.22. The fraction of sp³-hybridized carbons (Fsp3) is 0.610. The molecule has 1 N–H and O–H groups in total. The molecule has 0 saturated heterocycles. The normalized spacial score (nSPS) is 11.1. The smallest absolute Gasteiger partial charge is 0.343 e. The van der Waals surface area contributed by atoms with Gasteiger partial charge in [-0.1, -0.05) is 129 Å². The minimum Gasteiger partial charge on any atom is -0.490 e. The standard InChI is InChI=1S/C41H63NO5/c1-4-6-8-10-12-14-16-18-20-22-32-45-39-29-24-36(34-40(39)46-33-23-21-19-17-15-13-11-9-7-5-2)41(44)47-38-27-25-37(26-28-38)42-31-30-35(3)43/h24-31,34,42H,4-23,32-33H2,1-3H3/b31-30-. The van der Waals surface area contributed by atoms with Gasteiger partial charge in [-0.3, -0.25) is 4.79 Å². The van der Waals surface area contributed by atoms with Gasteiger partial charge >= 0.3 is 5.97 Å². The lowest BCUT2D eigenvalue weighted by molar-refractivity contribution is -0.112. The minimum atomic E-state index is -0.452. The summed E-state index contributed by atoms with van der Waals surface area (Å²) in [6.07, 6.45) is 28.5. The largest absolute Gasteiger partial charge is 0.490 e. The summed E-state index contributed by atoms with van der Waals surface area (Å²) >= 11 is 0. The molecule has 262 valence electrons. The molecule has 0 aliphatic rings. The number of carbonyl (C=O) groups excluding carboxylic acids is 2. The van der Waals surface area contributed by atoms with Gasteiger partial charge in [-0.25, -0.2) is 4.79 Å². The van der Waals surface area contributed by atoms with Crippen molar-refractivity contribution in [2.24, 2.45) is 0 Å². The fourth-order valence-corrected chi connectivity index (χ4v) is 5.45. The van der Waals surface area contributed by atoms with Crippen LogP contribution in [0.1, 0.15) is 160 Å². The van der Waals surface area contributed by atoms with E-state index >= 15 is 0 Å². The van der Waals surface area contributed by atoms with E-state index in [2.05, 4.69) is 19.2 Å². The van der Waals surface area contributed by atoms with Gasteiger partial charge in [0.2, 0.25) is 0 Å². The van der Waals surface area contributed by atoms with E-state index in [-0.39, 0.29) is 5.78 Å². The first-order chi connectivity index (χ1) is 23.0. The van der Waals surface area contributed by atoms with E-state index < -0.39 is 5.97 Å². The number of anilines is 1. The van der Waals surface area contributed by atoms with Crippen molar-refractivity contribution in [3.05, 3.63) is 60.3 Å². The number of allylic oxidation sites excluding steroid dienone is 1. The first kappa shape index (κ1) is 39.9. The summed E-state index contributed by atoms with van der Waals surface area (Å²) in [5.41, 5.74) is 1.20. The van der Waals surface area contributed by atoms with Crippen LogP contribution in [0.15, 0.2) is 54.7 Å². The predicted octanol–water partition coefficient (Wildman–Crippen LogP) is 12.0. The molecule has 0 aliphatic carbocycles. The predicted molar refractivity (Wildman–Crippen MR) is 196 cm³/mol. The number of rotatable bonds is 29. The molecule has 0 unspecified atom stereocenters. The zero-order valence-electron chi connectivity index (χ0n) is 29.8. The maximum absolute atomic E-state index is 13.0. The van der Waals surface area contributed by atoms with Crippen LogP contribution in [0.4, 0.5) is 5.69 Å². The summed E-state index contributed by atoms with van der Waals surface area (Å²) in [6.45, 7) is 7.24. The number of ether oxygens (including phenoxy) is 3. The number of ketones is 1. The third-order valence-electron chi connectivity index (χ3n) is 8.32. The van der Waals surface area contributed by atoms with Crippen LogP contribution in [0, 0.1) is 0 Å². The van der Waals surface area contributed by atoms with Gasteiger partial charge in [0.1, 0.15) is 5.75 Å². The van der Waals surface area contributed by atoms with Crippen LogP contribution >= 0.6 is 0 Å². The Morgan fingerprint density at radius 1 is 0.596 bits per heavy atom. The van der Waals surface area contributed by atoms with Crippen molar-refractivity contribution < 1.29 is 23.8 Å². The molecule has 0 bridgehead atoms. The SMILES string of the molecule is CCCCCCCCCCCCOc1ccc(C(=O)Oc2ccc(N/C=C\C(C)=O)cc2)cc1OCCCCCCCCCCCC. The van der Waals surface area contributed by atoms with E-state index in [1.54, 1.807) is 42.6 Å². The summed E-state index contributed by atoms with van der Waals surface area (Å²) in [6, 6.07) is 12.3. The highest BCUT2D eigenvalue weighted by molar-refractivity contribution is 5.92. The molecule has 6 nitrogen and oxygen atoms in total. The first-order valence-corrected chi connectivity index (χ1v) is 18.7. The zero-order valence-corrected chi connectivity index (χ0v) is 29.8. The van der Waals surface area contributed by atoms with Crippen molar-refractivity contribution in [3.8, 4) is 17.2 Å². The van der Waals surface area contributed by atoms with E-state index in [1.807, 2.05) is 6.07 Å². The second-order valence-corrected chi connectivity index (χ2v) is 12.7. The number of hydrogen-bond acceptors (Lipinski definition) is 6. The third-order valence-corrected chi connectivity index (χ3v) is 8.32. The maximum Gasteiger partial charge on any atom is 0.343 e. The lowest BCUT2D eigenvalue weighted by Crippen LogP contribution is -2.10. The van der Waals surface area contributed by atoms with E-state index in [1.165, 1.54) is 116 Å². The molecule has 6 heteroatoms. The van der Waals surface area contributed by atoms with Gasteiger partial charge in [-0.2, -0.15) is 0 Å². The summed E-state index contributed by atoms with van der Waals surface area (Å²) in [7, 11) is 0. The number of nitrogens with one attached hydrogen (secondary N) is 1. The van der Waals surface area contributed by atoms with Crippen LogP contribution in [0.3, 0.4) is 0 Å². The van der Waals surface area contributed by atoms with Crippen LogP contribution < -0.4 is 19.5 Å². The quantitative estimate of drug-likeness (QED) is 0.0409. The van der Waals surface area contributed by atoms with E-state index in [0.29, 0.717) is 36.0 Å². The lowest BCUT2D eigenvalue weighted by Gasteiger charge is -2.14. The molecule has 0 saturated carbocycles. The Kier molecular flexibility index (Phi) is 22.7. The van der Waals surface area contributed by atoms with Crippen molar-refractivity contribution in [2.45, 2.75) is 149 Å². The monoisotopic (exact) mass is 649 g/mol. The fourth-order valence-electron chi connectivity index (χ4n) is 5.45. The molecule has 47 heavy (non-hydrogen) atoms. The number of esters is 1. The Morgan fingerprint density at radius 3 is 1.55 bits per heavy atom. The zero-order chi connectivity index (χ0) is 33.8. The van der Waals surface area contributed by atoms with Crippen LogP contribution in [-0.4, -0.2) is 25.0 Å². The molecule has 0 radical (unpaired) electrons. The second kappa shape index (κ2) is 26.8. The third kappa shape index (κ3) is 19.9. The maximum atomic E-state index is 13.0. The molecule has 0 atom stereocenters. The Bertz CT molecular complexity index is 1130. The van der Waals surface area contributed by atoms with Gasteiger partial charge in [-0.15, -0.1) is 0 Å². The van der Waals surface area contributed by atoms with E-state index in [0.717, 1.165) is 31.4 Å². The molecule has 0 aliphatic heterocycles. The van der Waals surface area contributed by atoms with Crippen LogP contribution in [0.25, 0.3) is 0 Å². The molecule has 2 rings (SSSR count). The van der Waals surface area contributed by atoms with Gasteiger partial charge in [0, 0.05) is 11.9 Å². The summed E-state index contributed by atoms with van der Waals surface area (Å²) in [4.78, 5) is 24.1. The van der Waals surface area contributed by atoms with Crippen molar-refractivity contribution in [1.82, 2.24) is 0 Å². The first-order valence-electron chi connectivity index (χ1n) is 18.7. The molecule has 0 amide bonds. The minimum absolute atomic E-state index is 0.0369. The van der Waals surface area contributed by atoms with Gasteiger partial charge in [0.25, 0.3) is 0 Å².